The minimum absolute atomic E-state index is 0.277. The van der Waals surface area contributed by atoms with E-state index in [0.717, 1.165) is 75.4 Å². The quantitative estimate of drug-likeness (QED) is 0.692. The molecule has 1 aromatic carbocycles. The van der Waals surface area contributed by atoms with Crippen LogP contribution in [0.25, 0.3) is 10.2 Å². The van der Waals surface area contributed by atoms with Crippen molar-refractivity contribution >= 4 is 33.4 Å². The minimum Gasteiger partial charge on any atom is -0.343 e. The van der Waals surface area contributed by atoms with E-state index in [1.54, 1.807) is 11.3 Å². The standard InChI is InChI=1S/C26H34N4O2S/c31-25(9-8-24-27-21-4-1-2-6-23(21)33-24)28-12-10-20(11-13-28)29-15-18-14-19(17-29)22-5-3-7-26(32)30(22)16-18/h1-2,4,6,18-20,22H,3,5,7-17H2/t18?,19?,22-/m1/s1. The first-order valence-electron chi connectivity index (χ1n) is 12.8. The number of likely N-dealkylation sites (tertiary alicyclic amines) is 2. The lowest BCUT2D eigenvalue weighted by Crippen LogP contribution is -2.62. The maximum absolute atomic E-state index is 12.9. The Balaban J connectivity index is 1.01. The molecule has 0 radical (unpaired) electrons. The number of hydrogen-bond acceptors (Lipinski definition) is 5. The molecule has 2 bridgehead atoms. The molecule has 4 aliphatic rings. The predicted octanol–water partition coefficient (Wildman–Crippen LogP) is 3.55. The molecule has 0 N–H and O–H groups in total. The van der Waals surface area contributed by atoms with E-state index in [2.05, 4.69) is 25.8 Å². The number of carbonyl (C=O) groups excluding carboxylic acids is 2. The van der Waals surface area contributed by atoms with Crippen LogP contribution in [0, 0.1) is 11.8 Å². The molecule has 1 aromatic heterocycles. The van der Waals surface area contributed by atoms with Gasteiger partial charge in [-0.2, -0.15) is 0 Å². The normalized spacial score (nSPS) is 28.8. The fourth-order valence-corrected chi connectivity index (χ4v) is 7.79. The maximum atomic E-state index is 12.9. The molecule has 4 aliphatic heterocycles. The molecule has 3 atom stereocenters. The first kappa shape index (κ1) is 21.5. The average Bonchev–Trinajstić information content (AvgIpc) is 3.26. The van der Waals surface area contributed by atoms with Crippen LogP contribution in [-0.4, -0.2) is 76.3 Å². The summed E-state index contributed by atoms with van der Waals surface area (Å²) in [4.78, 5) is 37.0. The van der Waals surface area contributed by atoms with Crippen molar-refractivity contribution in [1.82, 2.24) is 19.7 Å². The third-order valence-electron chi connectivity index (χ3n) is 8.43. The summed E-state index contributed by atoms with van der Waals surface area (Å²) in [6, 6.07) is 9.27. The lowest BCUT2D eigenvalue weighted by atomic mass is 9.75. The van der Waals surface area contributed by atoms with Crippen LogP contribution in [0.5, 0.6) is 0 Å². The van der Waals surface area contributed by atoms with Crippen molar-refractivity contribution in [2.75, 3.05) is 32.7 Å². The summed E-state index contributed by atoms with van der Waals surface area (Å²) in [6.45, 7) is 5.00. The van der Waals surface area contributed by atoms with E-state index in [0.29, 0.717) is 36.2 Å². The van der Waals surface area contributed by atoms with Crippen LogP contribution in [-0.2, 0) is 16.0 Å². The van der Waals surface area contributed by atoms with Crippen molar-refractivity contribution < 1.29 is 9.59 Å². The van der Waals surface area contributed by atoms with Gasteiger partial charge in [0.2, 0.25) is 11.8 Å². The molecule has 6 nitrogen and oxygen atoms in total. The van der Waals surface area contributed by atoms with Crippen LogP contribution in [0.1, 0.15) is 50.0 Å². The first-order chi connectivity index (χ1) is 16.1. The van der Waals surface area contributed by atoms with Gasteiger partial charge in [-0.25, -0.2) is 4.98 Å². The monoisotopic (exact) mass is 466 g/mol. The second-order valence-electron chi connectivity index (χ2n) is 10.5. The fraction of sp³-hybridized carbons (Fsp3) is 0.654. The van der Waals surface area contributed by atoms with Crippen LogP contribution in [0.2, 0.25) is 0 Å². The highest BCUT2D eigenvalue weighted by Crippen LogP contribution is 2.39. The highest BCUT2D eigenvalue weighted by atomic mass is 32.1. The Morgan fingerprint density at radius 2 is 1.94 bits per heavy atom. The van der Waals surface area contributed by atoms with Crippen molar-refractivity contribution in [3.8, 4) is 0 Å². The summed E-state index contributed by atoms with van der Waals surface area (Å²) in [5.41, 5.74) is 1.04. The Morgan fingerprint density at radius 3 is 2.79 bits per heavy atom. The number of aryl methyl sites for hydroxylation is 1. The molecule has 4 fully saturated rings. The molecule has 6 rings (SSSR count). The zero-order valence-electron chi connectivity index (χ0n) is 19.3. The van der Waals surface area contributed by atoms with Gasteiger partial charge in [-0.3, -0.25) is 14.5 Å². The van der Waals surface area contributed by atoms with E-state index >= 15 is 0 Å². The molecule has 2 unspecified atom stereocenters. The molecule has 4 saturated heterocycles. The number of nitrogens with zero attached hydrogens (tertiary/aromatic N) is 4. The highest BCUT2D eigenvalue weighted by Gasteiger charge is 2.45. The summed E-state index contributed by atoms with van der Waals surface area (Å²) < 4.78 is 1.20. The molecule has 0 spiro atoms. The van der Waals surface area contributed by atoms with E-state index in [-0.39, 0.29) is 5.91 Å². The zero-order chi connectivity index (χ0) is 22.4. The summed E-state index contributed by atoms with van der Waals surface area (Å²) in [6.07, 6.45) is 7.78. The van der Waals surface area contributed by atoms with E-state index < -0.39 is 0 Å². The molecule has 2 amide bonds. The van der Waals surface area contributed by atoms with E-state index in [9.17, 15) is 9.59 Å². The number of fused-ring (bicyclic) bond motifs is 5. The molecule has 2 aromatic rings. The molecule has 0 aliphatic carbocycles. The summed E-state index contributed by atoms with van der Waals surface area (Å²) in [7, 11) is 0. The predicted molar refractivity (Wildman–Crippen MR) is 130 cm³/mol. The van der Waals surface area contributed by atoms with Gasteiger partial charge in [0.25, 0.3) is 0 Å². The maximum Gasteiger partial charge on any atom is 0.222 e. The number of rotatable bonds is 4. The Bertz CT molecular complexity index is 997. The average molecular weight is 467 g/mol. The van der Waals surface area contributed by atoms with Crippen LogP contribution < -0.4 is 0 Å². The second kappa shape index (κ2) is 8.99. The smallest absolute Gasteiger partial charge is 0.222 e. The van der Waals surface area contributed by atoms with Crippen LogP contribution in [0.15, 0.2) is 24.3 Å². The van der Waals surface area contributed by atoms with Gasteiger partial charge in [-0.05, 0) is 56.1 Å². The van der Waals surface area contributed by atoms with Gasteiger partial charge in [0.1, 0.15) is 0 Å². The number of amides is 2. The number of hydrogen-bond donors (Lipinski definition) is 0. The van der Waals surface area contributed by atoms with Crippen LogP contribution in [0.4, 0.5) is 0 Å². The van der Waals surface area contributed by atoms with Gasteiger partial charge in [-0.1, -0.05) is 12.1 Å². The fourth-order valence-electron chi connectivity index (χ4n) is 6.83. The first-order valence-corrected chi connectivity index (χ1v) is 13.6. The molecule has 5 heterocycles. The van der Waals surface area contributed by atoms with Crippen molar-refractivity contribution in [3.63, 3.8) is 0 Å². The number of para-hydroxylation sites is 1. The van der Waals surface area contributed by atoms with Crippen molar-refractivity contribution in [2.45, 2.75) is 63.5 Å². The Kier molecular flexibility index (Phi) is 5.87. The molecule has 176 valence electrons. The number of thiazole rings is 1. The Morgan fingerprint density at radius 1 is 1.09 bits per heavy atom. The molecular weight excluding hydrogens is 432 g/mol. The number of benzene rings is 1. The van der Waals surface area contributed by atoms with Crippen molar-refractivity contribution in [1.29, 1.82) is 0 Å². The summed E-state index contributed by atoms with van der Waals surface area (Å²) in [5.74, 6) is 1.96. The van der Waals surface area contributed by atoms with E-state index in [1.165, 1.54) is 17.5 Å². The summed E-state index contributed by atoms with van der Waals surface area (Å²) >= 11 is 1.71. The Labute approximate surface area is 199 Å². The van der Waals surface area contributed by atoms with Gasteiger partial charge in [0.05, 0.1) is 15.2 Å². The SMILES string of the molecule is O=C(CCc1nc2ccccc2s1)N1CCC(N2CC3CC(C2)[C@H]2CCCC(=O)N2C3)CC1. The third kappa shape index (κ3) is 4.30. The molecule has 7 heteroatoms. The third-order valence-corrected chi connectivity index (χ3v) is 9.53. The highest BCUT2D eigenvalue weighted by molar-refractivity contribution is 7.18. The molecular formula is C26H34N4O2S. The van der Waals surface area contributed by atoms with Crippen molar-refractivity contribution in [3.05, 3.63) is 29.3 Å². The molecule has 0 saturated carbocycles. The lowest BCUT2D eigenvalue weighted by Gasteiger charge is -2.54. The summed E-state index contributed by atoms with van der Waals surface area (Å²) in [5, 5.41) is 1.06. The van der Waals surface area contributed by atoms with Gasteiger partial charge in [-0.15, -0.1) is 11.3 Å². The van der Waals surface area contributed by atoms with E-state index in [4.69, 9.17) is 0 Å². The number of carbonyl (C=O) groups is 2. The van der Waals surface area contributed by atoms with Gasteiger partial charge in [0.15, 0.2) is 0 Å². The Hall–Kier alpha value is -1.99. The van der Waals surface area contributed by atoms with Crippen LogP contribution in [0.3, 0.4) is 0 Å². The zero-order valence-corrected chi connectivity index (χ0v) is 20.1. The topological polar surface area (TPSA) is 56.8 Å². The number of aromatic nitrogens is 1. The van der Waals surface area contributed by atoms with Gasteiger partial charge >= 0.3 is 0 Å². The second-order valence-corrected chi connectivity index (χ2v) is 11.6. The number of piperidine rings is 4. The minimum atomic E-state index is 0.277. The van der Waals surface area contributed by atoms with Crippen LogP contribution >= 0.6 is 11.3 Å². The van der Waals surface area contributed by atoms with Gasteiger partial charge < -0.3 is 9.80 Å². The lowest BCUT2D eigenvalue weighted by molar-refractivity contribution is -0.146. The molecule has 33 heavy (non-hydrogen) atoms. The largest absolute Gasteiger partial charge is 0.343 e. The van der Waals surface area contributed by atoms with E-state index in [1.807, 2.05) is 18.2 Å². The van der Waals surface area contributed by atoms with Gasteiger partial charge in [0, 0.05) is 64.1 Å². The van der Waals surface area contributed by atoms with Crippen molar-refractivity contribution in [2.24, 2.45) is 11.8 Å².